The van der Waals surface area contributed by atoms with Crippen molar-refractivity contribution in [1.82, 2.24) is 24.7 Å². The molecule has 3 aromatic heterocycles. The third-order valence-corrected chi connectivity index (χ3v) is 2.48. The van der Waals surface area contributed by atoms with Gasteiger partial charge in [0.15, 0.2) is 5.65 Å². The number of rotatable bonds is 2. The molecule has 0 fully saturated rings. The maximum atomic E-state index is 11.5. The van der Waals surface area contributed by atoms with Gasteiger partial charge in [0.1, 0.15) is 5.39 Å². The second kappa shape index (κ2) is 3.82. The Bertz CT molecular complexity index is 700. The first-order valence-electron chi connectivity index (χ1n) is 5.14. The van der Waals surface area contributed by atoms with Crippen LogP contribution in [0.15, 0.2) is 41.7 Å². The van der Waals surface area contributed by atoms with Crippen molar-refractivity contribution in [3.8, 4) is 0 Å². The summed E-state index contributed by atoms with van der Waals surface area (Å²) in [5.74, 6) is 0. The molecular weight excluding hydrogens is 218 g/mol. The molecule has 0 saturated carbocycles. The minimum absolute atomic E-state index is 0.178. The third-order valence-electron chi connectivity index (χ3n) is 2.48. The highest BCUT2D eigenvalue weighted by atomic mass is 16.1. The van der Waals surface area contributed by atoms with E-state index in [0.29, 0.717) is 17.6 Å². The first kappa shape index (κ1) is 9.71. The number of fused-ring (bicyclic) bond motifs is 1. The predicted octanol–water partition coefficient (Wildman–Crippen LogP) is 0.563. The maximum absolute atomic E-state index is 11.5. The molecule has 0 bridgehead atoms. The van der Waals surface area contributed by atoms with E-state index in [0.717, 1.165) is 5.69 Å². The summed E-state index contributed by atoms with van der Waals surface area (Å²) in [6, 6.07) is 5.67. The molecule has 0 aromatic carbocycles. The minimum atomic E-state index is -0.178. The lowest BCUT2D eigenvalue weighted by Gasteiger charge is -2.01. The SMILES string of the molecule is O=c1[nH]cnc2c1cnn2Cc1ccccn1. The molecule has 0 radical (unpaired) electrons. The zero-order chi connectivity index (χ0) is 11.7. The van der Waals surface area contributed by atoms with Crippen molar-refractivity contribution < 1.29 is 0 Å². The Morgan fingerprint density at radius 1 is 1.29 bits per heavy atom. The first-order valence-corrected chi connectivity index (χ1v) is 5.14. The average Bonchev–Trinajstić information content (AvgIpc) is 2.76. The van der Waals surface area contributed by atoms with Crippen LogP contribution in [0, 0.1) is 0 Å². The lowest BCUT2D eigenvalue weighted by molar-refractivity contribution is 0.688. The monoisotopic (exact) mass is 227 g/mol. The Hall–Kier alpha value is -2.50. The molecule has 84 valence electrons. The van der Waals surface area contributed by atoms with Crippen LogP contribution in [0.25, 0.3) is 11.0 Å². The van der Waals surface area contributed by atoms with Gasteiger partial charge in [-0.2, -0.15) is 5.10 Å². The number of H-pyrrole nitrogens is 1. The fraction of sp³-hybridized carbons (Fsp3) is 0.0909. The van der Waals surface area contributed by atoms with Crippen LogP contribution in [0.5, 0.6) is 0 Å². The van der Waals surface area contributed by atoms with E-state index in [4.69, 9.17) is 0 Å². The van der Waals surface area contributed by atoms with E-state index in [2.05, 4.69) is 20.1 Å². The summed E-state index contributed by atoms with van der Waals surface area (Å²) in [5.41, 5.74) is 1.27. The van der Waals surface area contributed by atoms with Crippen LogP contribution in [-0.4, -0.2) is 24.7 Å². The van der Waals surface area contributed by atoms with Gasteiger partial charge in [-0.3, -0.25) is 9.78 Å². The number of aromatic nitrogens is 5. The highest BCUT2D eigenvalue weighted by molar-refractivity contribution is 5.72. The molecular formula is C11H9N5O. The summed E-state index contributed by atoms with van der Waals surface area (Å²) in [4.78, 5) is 22.3. The molecule has 6 heteroatoms. The first-order chi connectivity index (χ1) is 8.34. The number of pyridine rings is 1. The zero-order valence-corrected chi connectivity index (χ0v) is 8.87. The van der Waals surface area contributed by atoms with E-state index in [-0.39, 0.29) is 5.56 Å². The van der Waals surface area contributed by atoms with E-state index >= 15 is 0 Å². The fourth-order valence-electron chi connectivity index (χ4n) is 1.67. The highest BCUT2D eigenvalue weighted by Gasteiger charge is 2.07. The molecule has 17 heavy (non-hydrogen) atoms. The van der Waals surface area contributed by atoms with Gasteiger partial charge in [0.25, 0.3) is 5.56 Å². The predicted molar refractivity (Wildman–Crippen MR) is 61.5 cm³/mol. The quantitative estimate of drug-likeness (QED) is 0.694. The normalized spacial score (nSPS) is 10.8. The van der Waals surface area contributed by atoms with Gasteiger partial charge < -0.3 is 4.98 Å². The molecule has 0 amide bonds. The van der Waals surface area contributed by atoms with E-state index in [9.17, 15) is 4.79 Å². The molecule has 0 saturated heterocycles. The third kappa shape index (κ3) is 1.69. The van der Waals surface area contributed by atoms with Crippen molar-refractivity contribution in [3.05, 3.63) is 53.0 Å². The Balaban J connectivity index is 2.08. The standard InChI is InChI=1S/C11H9N5O/c17-11-9-5-15-16(10(9)13-7-14-11)6-8-3-1-2-4-12-8/h1-5,7H,6H2,(H,13,14,17). The topological polar surface area (TPSA) is 76.5 Å². The van der Waals surface area contributed by atoms with Crippen LogP contribution >= 0.6 is 0 Å². The maximum Gasteiger partial charge on any atom is 0.261 e. The molecule has 3 heterocycles. The van der Waals surface area contributed by atoms with E-state index < -0.39 is 0 Å². The van der Waals surface area contributed by atoms with E-state index in [1.54, 1.807) is 10.9 Å². The van der Waals surface area contributed by atoms with Crippen molar-refractivity contribution in [3.63, 3.8) is 0 Å². The molecule has 3 aromatic rings. The summed E-state index contributed by atoms with van der Waals surface area (Å²) < 4.78 is 1.66. The van der Waals surface area contributed by atoms with Crippen LogP contribution in [0.4, 0.5) is 0 Å². The highest BCUT2D eigenvalue weighted by Crippen LogP contribution is 2.06. The van der Waals surface area contributed by atoms with Crippen LogP contribution < -0.4 is 5.56 Å². The molecule has 0 spiro atoms. The Morgan fingerprint density at radius 3 is 3.06 bits per heavy atom. The van der Waals surface area contributed by atoms with Gasteiger partial charge in [-0.05, 0) is 12.1 Å². The van der Waals surface area contributed by atoms with Crippen molar-refractivity contribution in [1.29, 1.82) is 0 Å². The molecule has 0 aliphatic heterocycles. The number of hydrogen-bond donors (Lipinski definition) is 1. The van der Waals surface area contributed by atoms with Gasteiger partial charge in [0, 0.05) is 6.20 Å². The summed E-state index contributed by atoms with van der Waals surface area (Å²) in [6.07, 6.45) is 4.62. The summed E-state index contributed by atoms with van der Waals surface area (Å²) in [6.45, 7) is 0.501. The molecule has 0 aliphatic rings. The van der Waals surface area contributed by atoms with E-state index in [1.165, 1.54) is 12.5 Å². The van der Waals surface area contributed by atoms with Gasteiger partial charge in [-0.1, -0.05) is 6.07 Å². The van der Waals surface area contributed by atoms with Gasteiger partial charge in [0.2, 0.25) is 0 Å². The van der Waals surface area contributed by atoms with Crippen LogP contribution in [0.3, 0.4) is 0 Å². The largest absolute Gasteiger partial charge is 0.312 e. The van der Waals surface area contributed by atoms with E-state index in [1.807, 2.05) is 18.2 Å². The summed E-state index contributed by atoms with van der Waals surface area (Å²) in [7, 11) is 0. The zero-order valence-electron chi connectivity index (χ0n) is 8.87. The minimum Gasteiger partial charge on any atom is -0.312 e. The van der Waals surface area contributed by atoms with Crippen molar-refractivity contribution in [2.75, 3.05) is 0 Å². The molecule has 0 unspecified atom stereocenters. The van der Waals surface area contributed by atoms with Crippen molar-refractivity contribution in [2.45, 2.75) is 6.54 Å². The Morgan fingerprint density at radius 2 is 2.24 bits per heavy atom. The number of nitrogens with zero attached hydrogens (tertiary/aromatic N) is 4. The number of nitrogens with one attached hydrogen (secondary N) is 1. The van der Waals surface area contributed by atoms with Crippen molar-refractivity contribution >= 4 is 11.0 Å². The molecule has 6 nitrogen and oxygen atoms in total. The van der Waals surface area contributed by atoms with Gasteiger partial charge in [-0.15, -0.1) is 0 Å². The van der Waals surface area contributed by atoms with Crippen LogP contribution in [0.1, 0.15) is 5.69 Å². The van der Waals surface area contributed by atoms with Gasteiger partial charge >= 0.3 is 0 Å². The Kier molecular flexibility index (Phi) is 2.18. The summed E-state index contributed by atoms with van der Waals surface area (Å²) in [5, 5.41) is 4.63. The molecule has 0 aliphatic carbocycles. The van der Waals surface area contributed by atoms with Gasteiger partial charge in [0.05, 0.1) is 24.8 Å². The second-order valence-corrected chi connectivity index (χ2v) is 3.59. The lowest BCUT2D eigenvalue weighted by atomic mass is 10.3. The molecule has 1 N–H and O–H groups in total. The average molecular weight is 227 g/mol. The number of aromatic amines is 1. The van der Waals surface area contributed by atoms with Crippen molar-refractivity contribution in [2.24, 2.45) is 0 Å². The van der Waals surface area contributed by atoms with Crippen LogP contribution in [-0.2, 0) is 6.54 Å². The second-order valence-electron chi connectivity index (χ2n) is 3.59. The summed E-state index contributed by atoms with van der Waals surface area (Å²) >= 11 is 0. The number of hydrogen-bond acceptors (Lipinski definition) is 4. The molecule has 0 atom stereocenters. The molecule has 3 rings (SSSR count). The fourth-order valence-corrected chi connectivity index (χ4v) is 1.67. The lowest BCUT2D eigenvalue weighted by Crippen LogP contribution is -2.08. The smallest absolute Gasteiger partial charge is 0.261 e. The van der Waals surface area contributed by atoms with Gasteiger partial charge in [-0.25, -0.2) is 9.67 Å². The van der Waals surface area contributed by atoms with Crippen LogP contribution in [0.2, 0.25) is 0 Å². The Labute approximate surface area is 96.0 Å².